The van der Waals surface area contributed by atoms with Crippen molar-refractivity contribution >= 4 is 0 Å². The summed E-state index contributed by atoms with van der Waals surface area (Å²) >= 11 is 0. The molecule has 1 aromatic carbocycles. The van der Waals surface area contributed by atoms with Gasteiger partial charge in [-0.25, -0.2) is 0 Å². The second-order valence-corrected chi connectivity index (χ2v) is 4.93. The Labute approximate surface area is 109 Å². The molecule has 0 aromatic heterocycles. The van der Waals surface area contributed by atoms with Gasteiger partial charge < -0.3 is 15.2 Å². The van der Waals surface area contributed by atoms with Gasteiger partial charge in [-0.2, -0.15) is 0 Å². The molecule has 0 radical (unpaired) electrons. The Morgan fingerprint density at radius 1 is 1.11 bits per heavy atom. The summed E-state index contributed by atoms with van der Waals surface area (Å²) in [4.78, 5) is 0. The van der Waals surface area contributed by atoms with Crippen LogP contribution >= 0.6 is 0 Å². The van der Waals surface area contributed by atoms with Gasteiger partial charge in [-0.1, -0.05) is 32.8 Å². The molecule has 1 heterocycles. The van der Waals surface area contributed by atoms with E-state index in [0.717, 1.165) is 23.5 Å². The number of rotatable bonds is 5. The minimum Gasteiger partial charge on any atom is -0.486 e. The van der Waals surface area contributed by atoms with Crippen LogP contribution in [0.1, 0.15) is 44.7 Å². The fraction of sp³-hybridized carbons (Fsp3) is 0.600. The van der Waals surface area contributed by atoms with E-state index >= 15 is 0 Å². The molecule has 0 aliphatic carbocycles. The first kappa shape index (κ1) is 13.2. The molecule has 2 N–H and O–H groups in total. The summed E-state index contributed by atoms with van der Waals surface area (Å²) in [7, 11) is 0. The highest BCUT2D eigenvalue weighted by molar-refractivity contribution is 5.44. The maximum Gasteiger partial charge on any atom is 0.161 e. The van der Waals surface area contributed by atoms with Crippen LogP contribution in [0, 0.1) is 5.92 Å². The third-order valence-electron chi connectivity index (χ3n) is 3.74. The molecule has 1 aliphatic rings. The zero-order chi connectivity index (χ0) is 13.0. The van der Waals surface area contributed by atoms with Crippen molar-refractivity contribution in [2.45, 2.75) is 39.2 Å². The molecule has 100 valence electrons. The van der Waals surface area contributed by atoms with Gasteiger partial charge in [0.15, 0.2) is 11.5 Å². The van der Waals surface area contributed by atoms with Gasteiger partial charge in [-0.3, -0.25) is 0 Å². The molecule has 0 saturated heterocycles. The van der Waals surface area contributed by atoms with Crippen LogP contribution in [0.4, 0.5) is 0 Å². The highest BCUT2D eigenvalue weighted by atomic mass is 16.6. The Morgan fingerprint density at radius 3 is 2.44 bits per heavy atom. The zero-order valence-electron chi connectivity index (χ0n) is 11.3. The largest absolute Gasteiger partial charge is 0.486 e. The summed E-state index contributed by atoms with van der Waals surface area (Å²) < 4.78 is 11.1. The molecule has 1 atom stereocenters. The first-order valence-electron chi connectivity index (χ1n) is 6.89. The van der Waals surface area contributed by atoms with Crippen LogP contribution in [-0.2, 0) is 0 Å². The van der Waals surface area contributed by atoms with Crippen molar-refractivity contribution < 1.29 is 9.47 Å². The third kappa shape index (κ3) is 2.96. The lowest BCUT2D eigenvalue weighted by Gasteiger charge is -2.22. The Kier molecular flexibility index (Phi) is 4.48. The fourth-order valence-electron chi connectivity index (χ4n) is 2.41. The molecule has 0 saturated carbocycles. The van der Waals surface area contributed by atoms with Crippen LogP contribution in [0.3, 0.4) is 0 Å². The zero-order valence-corrected chi connectivity index (χ0v) is 11.3. The van der Waals surface area contributed by atoms with Gasteiger partial charge in [-0.05, 0) is 30.0 Å². The molecule has 0 bridgehead atoms. The van der Waals surface area contributed by atoms with Gasteiger partial charge in [0, 0.05) is 6.04 Å². The predicted molar refractivity (Wildman–Crippen MR) is 73.0 cm³/mol. The summed E-state index contributed by atoms with van der Waals surface area (Å²) in [6.07, 6.45) is 3.41. The highest BCUT2D eigenvalue weighted by Crippen LogP contribution is 2.33. The summed E-state index contributed by atoms with van der Waals surface area (Å²) in [5, 5.41) is 0. The normalized spacial score (nSPS) is 15.8. The van der Waals surface area contributed by atoms with Gasteiger partial charge in [0.25, 0.3) is 0 Å². The SMILES string of the molecule is CCC(CC)CC(N)c1ccc2c(c1)OCCO2. The maximum atomic E-state index is 6.28. The Hall–Kier alpha value is -1.22. The molecular weight excluding hydrogens is 226 g/mol. The third-order valence-corrected chi connectivity index (χ3v) is 3.74. The standard InChI is InChI=1S/C15H23NO2/c1-3-11(4-2)9-13(16)12-5-6-14-15(10-12)18-8-7-17-14/h5-6,10-11,13H,3-4,7-9,16H2,1-2H3. The van der Waals surface area contributed by atoms with Gasteiger partial charge in [-0.15, -0.1) is 0 Å². The summed E-state index contributed by atoms with van der Waals surface area (Å²) in [6, 6.07) is 6.14. The van der Waals surface area contributed by atoms with Crippen molar-refractivity contribution in [1.29, 1.82) is 0 Å². The average Bonchev–Trinajstić information content (AvgIpc) is 2.44. The van der Waals surface area contributed by atoms with E-state index in [0.29, 0.717) is 19.1 Å². The van der Waals surface area contributed by atoms with E-state index in [2.05, 4.69) is 19.9 Å². The Balaban J connectivity index is 2.08. The van der Waals surface area contributed by atoms with Gasteiger partial charge in [0.05, 0.1) is 0 Å². The van der Waals surface area contributed by atoms with Crippen molar-refractivity contribution in [3.05, 3.63) is 23.8 Å². The van der Waals surface area contributed by atoms with Gasteiger partial charge in [0.2, 0.25) is 0 Å². The molecule has 1 aliphatic heterocycles. The molecule has 0 amide bonds. The molecule has 3 heteroatoms. The van der Waals surface area contributed by atoms with E-state index in [9.17, 15) is 0 Å². The van der Waals surface area contributed by atoms with Crippen molar-refractivity contribution in [2.24, 2.45) is 11.7 Å². The number of ether oxygens (including phenoxy) is 2. The Bertz CT molecular complexity index is 388. The maximum absolute atomic E-state index is 6.28. The summed E-state index contributed by atoms with van der Waals surface area (Å²) in [6.45, 7) is 5.71. The fourth-order valence-corrected chi connectivity index (χ4v) is 2.41. The van der Waals surface area contributed by atoms with E-state index in [1.54, 1.807) is 0 Å². The molecule has 1 unspecified atom stereocenters. The van der Waals surface area contributed by atoms with Crippen molar-refractivity contribution in [1.82, 2.24) is 0 Å². The monoisotopic (exact) mass is 249 g/mol. The summed E-state index contributed by atoms with van der Waals surface area (Å²) in [5.74, 6) is 2.37. The second kappa shape index (κ2) is 6.10. The summed E-state index contributed by atoms with van der Waals surface area (Å²) in [5.41, 5.74) is 7.43. The number of benzene rings is 1. The topological polar surface area (TPSA) is 44.5 Å². The smallest absolute Gasteiger partial charge is 0.161 e. The highest BCUT2D eigenvalue weighted by Gasteiger charge is 2.16. The van der Waals surface area contributed by atoms with Crippen LogP contribution in [0.25, 0.3) is 0 Å². The quantitative estimate of drug-likeness (QED) is 0.871. The van der Waals surface area contributed by atoms with E-state index in [4.69, 9.17) is 15.2 Å². The number of hydrogen-bond acceptors (Lipinski definition) is 3. The van der Waals surface area contributed by atoms with E-state index in [-0.39, 0.29) is 6.04 Å². The molecule has 0 fully saturated rings. The van der Waals surface area contributed by atoms with Crippen LogP contribution in [0.5, 0.6) is 11.5 Å². The lowest BCUT2D eigenvalue weighted by molar-refractivity contribution is 0.171. The molecule has 2 rings (SSSR count). The molecule has 3 nitrogen and oxygen atoms in total. The predicted octanol–water partition coefficient (Wildman–Crippen LogP) is 3.28. The van der Waals surface area contributed by atoms with Gasteiger partial charge >= 0.3 is 0 Å². The second-order valence-electron chi connectivity index (χ2n) is 4.93. The van der Waals surface area contributed by atoms with E-state index in [1.807, 2.05) is 12.1 Å². The van der Waals surface area contributed by atoms with Crippen LogP contribution in [0.15, 0.2) is 18.2 Å². The minimum absolute atomic E-state index is 0.0886. The number of nitrogens with two attached hydrogens (primary N) is 1. The van der Waals surface area contributed by atoms with Crippen molar-refractivity contribution in [3.63, 3.8) is 0 Å². The van der Waals surface area contributed by atoms with E-state index in [1.165, 1.54) is 12.8 Å². The van der Waals surface area contributed by atoms with Crippen molar-refractivity contribution in [3.8, 4) is 11.5 Å². The minimum atomic E-state index is 0.0886. The van der Waals surface area contributed by atoms with Crippen LogP contribution in [-0.4, -0.2) is 13.2 Å². The number of fused-ring (bicyclic) bond motifs is 1. The lowest BCUT2D eigenvalue weighted by Crippen LogP contribution is -2.18. The average molecular weight is 249 g/mol. The van der Waals surface area contributed by atoms with Crippen molar-refractivity contribution in [2.75, 3.05) is 13.2 Å². The first-order valence-corrected chi connectivity index (χ1v) is 6.89. The lowest BCUT2D eigenvalue weighted by atomic mass is 9.91. The Morgan fingerprint density at radius 2 is 1.78 bits per heavy atom. The molecule has 1 aromatic rings. The van der Waals surface area contributed by atoms with Crippen LogP contribution in [0.2, 0.25) is 0 Å². The van der Waals surface area contributed by atoms with Gasteiger partial charge in [0.1, 0.15) is 13.2 Å². The molecule has 0 spiro atoms. The number of hydrogen-bond donors (Lipinski definition) is 1. The molecule has 18 heavy (non-hydrogen) atoms. The van der Waals surface area contributed by atoms with Crippen LogP contribution < -0.4 is 15.2 Å². The molecular formula is C15H23NO2. The van der Waals surface area contributed by atoms with E-state index < -0.39 is 0 Å². The first-order chi connectivity index (χ1) is 8.74.